The van der Waals surface area contributed by atoms with Gasteiger partial charge in [-0.1, -0.05) is 6.07 Å². The Balaban J connectivity index is 2.42. The summed E-state index contributed by atoms with van der Waals surface area (Å²) in [6, 6.07) is 4.77. The molecule has 0 bridgehead atoms. The third-order valence-corrected chi connectivity index (χ3v) is 4.07. The molecule has 2 atom stereocenters. The molecular weight excluding hydrogens is 254 g/mol. The van der Waals surface area contributed by atoms with Gasteiger partial charge in [-0.25, -0.2) is 4.79 Å². The summed E-state index contributed by atoms with van der Waals surface area (Å²) in [5.74, 6) is -1.45. The van der Waals surface area contributed by atoms with E-state index in [1.807, 2.05) is 0 Å². The van der Waals surface area contributed by atoms with Crippen molar-refractivity contribution >= 4 is 29.3 Å². The van der Waals surface area contributed by atoms with Crippen LogP contribution in [0.1, 0.15) is 19.4 Å². The van der Waals surface area contributed by atoms with Gasteiger partial charge in [0.05, 0.1) is 10.9 Å². The molecule has 1 aliphatic heterocycles. The second kappa shape index (κ2) is 4.29. The summed E-state index contributed by atoms with van der Waals surface area (Å²) in [7, 11) is 0. The molecule has 2 rings (SSSR count). The lowest BCUT2D eigenvalue weighted by Crippen LogP contribution is -2.32. The Bertz CT molecular complexity index is 527. The van der Waals surface area contributed by atoms with Crippen molar-refractivity contribution in [2.24, 2.45) is 0 Å². The molecule has 0 aromatic heterocycles. The van der Waals surface area contributed by atoms with Crippen molar-refractivity contribution in [3.05, 3.63) is 23.8 Å². The molecule has 1 heterocycles. The van der Waals surface area contributed by atoms with Gasteiger partial charge in [-0.15, -0.1) is 11.8 Å². The van der Waals surface area contributed by atoms with Crippen LogP contribution in [0.5, 0.6) is 0 Å². The molecule has 1 amide bonds. The van der Waals surface area contributed by atoms with Crippen molar-refractivity contribution in [2.75, 3.05) is 5.32 Å². The zero-order chi connectivity index (χ0) is 13.5. The molecule has 18 heavy (non-hydrogen) atoms. The average molecular weight is 267 g/mol. The van der Waals surface area contributed by atoms with Gasteiger partial charge in [0.1, 0.15) is 0 Å². The summed E-state index contributed by atoms with van der Waals surface area (Å²) >= 11 is 1.41. The van der Waals surface area contributed by atoms with Crippen LogP contribution in [0.15, 0.2) is 23.1 Å². The van der Waals surface area contributed by atoms with Crippen LogP contribution in [-0.4, -0.2) is 27.3 Å². The van der Waals surface area contributed by atoms with Crippen molar-refractivity contribution < 1.29 is 19.8 Å². The number of thioether (sulfide) groups is 1. The van der Waals surface area contributed by atoms with E-state index >= 15 is 0 Å². The molecule has 1 aromatic rings. The van der Waals surface area contributed by atoms with Gasteiger partial charge in [0, 0.05) is 4.90 Å². The minimum atomic E-state index is -1.96. The Morgan fingerprint density at radius 3 is 2.78 bits per heavy atom. The standard InChI is InChI=1S/C12H13NO4S/c1-6-10(14)13-8-5-7(3-4-9(8)18-6)12(2,17)11(15)16/h3-6,17H,1-2H3,(H,13,14)(H,15,16). The van der Waals surface area contributed by atoms with Crippen molar-refractivity contribution in [3.63, 3.8) is 0 Å². The van der Waals surface area contributed by atoms with Gasteiger partial charge >= 0.3 is 5.97 Å². The summed E-state index contributed by atoms with van der Waals surface area (Å²) in [4.78, 5) is 23.4. The second-order valence-corrected chi connectivity index (χ2v) is 5.72. The number of hydrogen-bond donors (Lipinski definition) is 3. The number of amides is 1. The summed E-state index contributed by atoms with van der Waals surface area (Å²) in [5.41, 5.74) is -1.18. The first-order valence-electron chi connectivity index (χ1n) is 5.40. The minimum absolute atomic E-state index is 0.125. The lowest BCUT2D eigenvalue weighted by atomic mass is 9.96. The number of aliphatic carboxylic acids is 1. The van der Waals surface area contributed by atoms with Crippen LogP contribution < -0.4 is 5.32 Å². The molecule has 5 nitrogen and oxygen atoms in total. The summed E-state index contributed by atoms with van der Waals surface area (Å²) in [5, 5.41) is 21.3. The molecule has 0 spiro atoms. The first-order chi connectivity index (χ1) is 8.32. The minimum Gasteiger partial charge on any atom is -0.479 e. The number of carboxylic acids is 1. The zero-order valence-electron chi connectivity index (χ0n) is 9.93. The van der Waals surface area contributed by atoms with Gasteiger partial charge in [-0.05, 0) is 31.5 Å². The lowest BCUT2D eigenvalue weighted by molar-refractivity contribution is -0.157. The maximum absolute atomic E-state index is 11.5. The van der Waals surface area contributed by atoms with Crippen molar-refractivity contribution in [2.45, 2.75) is 29.6 Å². The number of benzene rings is 1. The predicted molar refractivity (Wildman–Crippen MR) is 67.6 cm³/mol. The fourth-order valence-electron chi connectivity index (χ4n) is 1.64. The van der Waals surface area contributed by atoms with Crippen LogP contribution >= 0.6 is 11.8 Å². The largest absolute Gasteiger partial charge is 0.479 e. The van der Waals surface area contributed by atoms with Crippen LogP contribution in [0.25, 0.3) is 0 Å². The second-order valence-electron chi connectivity index (χ2n) is 4.34. The molecule has 6 heteroatoms. The Labute approximate surface area is 108 Å². The number of nitrogens with one attached hydrogen (secondary N) is 1. The van der Waals surface area contributed by atoms with Gasteiger partial charge in [-0.3, -0.25) is 4.79 Å². The van der Waals surface area contributed by atoms with E-state index in [-0.39, 0.29) is 16.7 Å². The Morgan fingerprint density at radius 2 is 2.17 bits per heavy atom. The Hall–Kier alpha value is -1.53. The molecule has 0 saturated heterocycles. The fraction of sp³-hybridized carbons (Fsp3) is 0.333. The number of carbonyl (C=O) groups excluding carboxylic acids is 1. The number of hydrogen-bond acceptors (Lipinski definition) is 4. The number of rotatable bonds is 2. The van der Waals surface area contributed by atoms with Crippen LogP contribution in [-0.2, 0) is 15.2 Å². The number of carboxylic acid groups (broad SMARTS) is 1. The maximum atomic E-state index is 11.5. The molecule has 0 aliphatic carbocycles. The topological polar surface area (TPSA) is 86.6 Å². The molecule has 0 saturated carbocycles. The smallest absolute Gasteiger partial charge is 0.340 e. The van der Waals surface area contributed by atoms with E-state index in [4.69, 9.17) is 5.11 Å². The van der Waals surface area contributed by atoms with Gasteiger partial charge in [-0.2, -0.15) is 0 Å². The quantitative estimate of drug-likeness (QED) is 0.754. The molecule has 0 fully saturated rings. The molecular formula is C12H13NO4S. The Morgan fingerprint density at radius 1 is 1.50 bits per heavy atom. The van der Waals surface area contributed by atoms with E-state index in [2.05, 4.69) is 5.32 Å². The molecule has 1 aliphatic rings. The molecule has 0 radical (unpaired) electrons. The highest BCUT2D eigenvalue weighted by Crippen LogP contribution is 2.37. The van der Waals surface area contributed by atoms with Gasteiger partial charge in [0.25, 0.3) is 0 Å². The Kier molecular flexibility index (Phi) is 3.08. The van der Waals surface area contributed by atoms with Crippen molar-refractivity contribution in [3.8, 4) is 0 Å². The van der Waals surface area contributed by atoms with E-state index < -0.39 is 11.6 Å². The third kappa shape index (κ3) is 2.09. The molecule has 96 valence electrons. The number of carbonyl (C=O) groups is 2. The van der Waals surface area contributed by atoms with Gasteiger partial charge < -0.3 is 15.5 Å². The van der Waals surface area contributed by atoms with Crippen molar-refractivity contribution in [1.29, 1.82) is 0 Å². The highest BCUT2D eigenvalue weighted by molar-refractivity contribution is 8.00. The molecule has 3 N–H and O–H groups in total. The summed E-state index contributed by atoms with van der Waals surface area (Å²) in [6.07, 6.45) is 0. The first-order valence-corrected chi connectivity index (χ1v) is 6.28. The normalized spacial score (nSPS) is 21.7. The molecule has 2 unspecified atom stereocenters. The van der Waals surface area contributed by atoms with Crippen molar-refractivity contribution in [1.82, 2.24) is 0 Å². The van der Waals surface area contributed by atoms with E-state index in [1.165, 1.54) is 24.8 Å². The first kappa shape index (κ1) is 12.9. The zero-order valence-corrected chi connectivity index (χ0v) is 10.7. The lowest BCUT2D eigenvalue weighted by Gasteiger charge is -2.24. The van der Waals surface area contributed by atoms with Crippen LogP contribution in [0.4, 0.5) is 5.69 Å². The molecule has 1 aromatic carbocycles. The fourth-order valence-corrected chi connectivity index (χ4v) is 2.57. The van der Waals surface area contributed by atoms with Crippen LogP contribution in [0.3, 0.4) is 0 Å². The maximum Gasteiger partial charge on any atom is 0.340 e. The van der Waals surface area contributed by atoms with Crippen LogP contribution in [0.2, 0.25) is 0 Å². The highest BCUT2D eigenvalue weighted by atomic mass is 32.2. The summed E-state index contributed by atoms with van der Waals surface area (Å²) < 4.78 is 0. The highest BCUT2D eigenvalue weighted by Gasteiger charge is 2.33. The summed E-state index contributed by atoms with van der Waals surface area (Å²) in [6.45, 7) is 3.00. The van der Waals surface area contributed by atoms with E-state index in [1.54, 1.807) is 19.1 Å². The SMILES string of the molecule is CC1Sc2ccc(C(C)(O)C(=O)O)cc2NC1=O. The van der Waals surface area contributed by atoms with Gasteiger partial charge in [0.2, 0.25) is 5.91 Å². The number of fused-ring (bicyclic) bond motifs is 1. The average Bonchev–Trinajstić information content (AvgIpc) is 2.29. The van der Waals surface area contributed by atoms with E-state index in [0.717, 1.165) is 4.90 Å². The van der Waals surface area contributed by atoms with E-state index in [0.29, 0.717) is 5.69 Å². The monoisotopic (exact) mass is 267 g/mol. The number of anilines is 1. The van der Waals surface area contributed by atoms with Gasteiger partial charge in [0.15, 0.2) is 5.60 Å². The van der Waals surface area contributed by atoms with E-state index in [9.17, 15) is 14.7 Å². The number of aliphatic hydroxyl groups is 1. The van der Waals surface area contributed by atoms with Crippen LogP contribution in [0, 0.1) is 0 Å². The third-order valence-electron chi connectivity index (χ3n) is 2.89. The predicted octanol–water partition coefficient (Wildman–Crippen LogP) is 1.41.